The Kier molecular flexibility index (Phi) is 5.70. The number of methoxy groups -OCH3 is 1. The summed E-state index contributed by atoms with van der Waals surface area (Å²) in [5, 5.41) is 0.388. The Morgan fingerprint density at radius 1 is 1.39 bits per heavy atom. The first-order chi connectivity index (χ1) is 11.1. The van der Waals surface area contributed by atoms with Crippen molar-refractivity contribution < 1.29 is 19.0 Å². The minimum absolute atomic E-state index is 0.268. The van der Waals surface area contributed by atoms with Crippen molar-refractivity contribution in [2.24, 2.45) is 0 Å². The van der Waals surface area contributed by atoms with Gasteiger partial charge in [0, 0.05) is 13.3 Å². The first-order valence-corrected chi connectivity index (χ1v) is 7.37. The lowest BCUT2D eigenvalue weighted by molar-refractivity contribution is -0.146. The molecular weight excluding hydrogens is 300 g/mol. The summed E-state index contributed by atoms with van der Waals surface area (Å²) in [5.74, 6) is 0.0302. The van der Waals surface area contributed by atoms with Crippen LogP contribution in [0.5, 0.6) is 5.75 Å². The Balaban J connectivity index is 2.36. The Labute approximate surface area is 133 Å². The van der Waals surface area contributed by atoms with Crippen molar-refractivity contribution in [2.45, 2.75) is 19.9 Å². The number of aromatic nitrogens is 2. The lowest BCUT2D eigenvalue weighted by atomic mass is 10.2. The highest BCUT2D eigenvalue weighted by Crippen LogP contribution is 2.16. The van der Waals surface area contributed by atoms with E-state index >= 15 is 0 Å². The van der Waals surface area contributed by atoms with E-state index in [0.717, 1.165) is 0 Å². The molecule has 0 aromatic carbocycles. The zero-order chi connectivity index (χ0) is 16.8. The lowest BCUT2D eigenvalue weighted by Crippen LogP contribution is -2.29. The zero-order valence-electron chi connectivity index (χ0n) is 13.4. The number of nitrogens with zero attached hydrogens (tertiary/aromatic N) is 2. The van der Waals surface area contributed by atoms with Gasteiger partial charge in [0.2, 0.25) is 0 Å². The molecule has 7 nitrogen and oxygen atoms in total. The first kappa shape index (κ1) is 17.0. The van der Waals surface area contributed by atoms with Crippen LogP contribution in [0.15, 0.2) is 29.3 Å². The van der Waals surface area contributed by atoms with Crippen LogP contribution in [-0.2, 0) is 14.3 Å². The van der Waals surface area contributed by atoms with E-state index in [0.29, 0.717) is 29.9 Å². The molecule has 2 heterocycles. The third kappa shape index (κ3) is 3.87. The molecule has 0 aliphatic heterocycles. The summed E-state index contributed by atoms with van der Waals surface area (Å²) >= 11 is 0. The highest BCUT2D eigenvalue weighted by atomic mass is 16.5. The highest BCUT2D eigenvalue weighted by Gasteiger charge is 2.18. The molecule has 2 aromatic heterocycles. The van der Waals surface area contributed by atoms with E-state index in [-0.39, 0.29) is 12.2 Å². The number of hydrogen-bond donors (Lipinski definition) is 0. The first-order valence-electron chi connectivity index (χ1n) is 7.37. The number of esters is 1. The SMILES string of the molecule is CCOC(=O)C(C)n1ccc2ncc(OCCOC)cc2c1=O. The fourth-order valence-electron chi connectivity index (χ4n) is 2.12. The highest BCUT2D eigenvalue weighted by molar-refractivity contribution is 5.79. The quantitative estimate of drug-likeness (QED) is 0.569. The Morgan fingerprint density at radius 2 is 2.17 bits per heavy atom. The van der Waals surface area contributed by atoms with Crippen molar-refractivity contribution in [3.05, 3.63) is 34.9 Å². The maximum atomic E-state index is 12.6. The van der Waals surface area contributed by atoms with Gasteiger partial charge < -0.3 is 18.8 Å². The Bertz CT molecular complexity index is 741. The van der Waals surface area contributed by atoms with Gasteiger partial charge in [0.1, 0.15) is 18.4 Å². The van der Waals surface area contributed by atoms with Gasteiger partial charge in [-0.3, -0.25) is 9.78 Å². The van der Waals surface area contributed by atoms with Crippen molar-refractivity contribution >= 4 is 16.9 Å². The largest absolute Gasteiger partial charge is 0.490 e. The molecule has 0 N–H and O–H groups in total. The average molecular weight is 320 g/mol. The van der Waals surface area contributed by atoms with E-state index in [1.807, 2.05) is 0 Å². The summed E-state index contributed by atoms with van der Waals surface area (Å²) in [4.78, 5) is 28.6. The smallest absolute Gasteiger partial charge is 0.328 e. The molecule has 2 aromatic rings. The molecule has 0 bridgehead atoms. The van der Waals surface area contributed by atoms with E-state index in [4.69, 9.17) is 14.2 Å². The van der Waals surface area contributed by atoms with Gasteiger partial charge >= 0.3 is 5.97 Å². The molecule has 0 spiro atoms. The van der Waals surface area contributed by atoms with Crippen molar-refractivity contribution in [3.8, 4) is 5.75 Å². The summed E-state index contributed by atoms with van der Waals surface area (Å²) < 4.78 is 16.7. The van der Waals surface area contributed by atoms with E-state index in [2.05, 4.69) is 4.98 Å². The van der Waals surface area contributed by atoms with E-state index < -0.39 is 12.0 Å². The molecule has 0 saturated heterocycles. The maximum Gasteiger partial charge on any atom is 0.328 e. The second-order valence-corrected chi connectivity index (χ2v) is 4.90. The van der Waals surface area contributed by atoms with Crippen LogP contribution in [0.1, 0.15) is 19.9 Å². The van der Waals surface area contributed by atoms with Gasteiger partial charge in [-0.05, 0) is 26.0 Å². The molecule has 1 atom stereocenters. The standard InChI is InChI=1S/C16H20N2O5/c1-4-22-16(20)11(2)18-6-5-14-13(15(18)19)9-12(10-17-14)23-8-7-21-3/h5-6,9-11H,4,7-8H2,1-3H3. The van der Waals surface area contributed by atoms with Gasteiger partial charge in [0.25, 0.3) is 5.56 Å². The number of carbonyl (C=O) groups is 1. The summed E-state index contributed by atoms with van der Waals surface area (Å²) in [6.07, 6.45) is 3.10. The fraction of sp³-hybridized carbons (Fsp3) is 0.438. The molecule has 0 radical (unpaired) electrons. The van der Waals surface area contributed by atoms with E-state index in [1.165, 1.54) is 4.57 Å². The van der Waals surface area contributed by atoms with Crippen molar-refractivity contribution in [1.29, 1.82) is 0 Å². The van der Waals surface area contributed by atoms with Gasteiger partial charge in [-0.25, -0.2) is 4.79 Å². The summed E-state index contributed by atoms with van der Waals surface area (Å²) in [6, 6.07) is 2.60. The van der Waals surface area contributed by atoms with Gasteiger partial charge in [-0.1, -0.05) is 0 Å². The van der Waals surface area contributed by atoms with E-state index in [1.54, 1.807) is 45.5 Å². The lowest BCUT2D eigenvalue weighted by Gasteiger charge is -2.14. The van der Waals surface area contributed by atoms with Gasteiger partial charge in [0.05, 0.1) is 30.3 Å². The van der Waals surface area contributed by atoms with Crippen molar-refractivity contribution in [2.75, 3.05) is 26.9 Å². The predicted octanol–water partition coefficient (Wildman–Crippen LogP) is 1.55. The summed E-state index contributed by atoms with van der Waals surface area (Å²) in [6.45, 7) is 4.42. The molecule has 7 heteroatoms. The van der Waals surface area contributed by atoms with Gasteiger partial charge in [0.15, 0.2) is 0 Å². The number of rotatable bonds is 7. The molecule has 0 saturated carbocycles. The Morgan fingerprint density at radius 3 is 2.87 bits per heavy atom. The molecule has 23 heavy (non-hydrogen) atoms. The van der Waals surface area contributed by atoms with Crippen LogP contribution in [0.4, 0.5) is 0 Å². The van der Waals surface area contributed by atoms with Crippen LogP contribution in [0.25, 0.3) is 10.9 Å². The third-order valence-corrected chi connectivity index (χ3v) is 3.35. The number of ether oxygens (including phenoxy) is 3. The second-order valence-electron chi connectivity index (χ2n) is 4.90. The summed E-state index contributed by atoms with van der Waals surface area (Å²) in [7, 11) is 1.58. The molecule has 1 unspecified atom stereocenters. The normalized spacial score (nSPS) is 12.1. The Hall–Kier alpha value is -2.41. The average Bonchev–Trinajstić information content (AvgIpc) is 2.55. The molecular formula is C16H20N2O5. The molecule has 0 aliphatic rings. The van der Waals surface area contributed by atoms with Gasteiger partial charge in [-0.2, -0.15) is 0 Å². The fourth-order valence-corrected chi connectivity index (χ4v) is 2.12. The van der Waals surface area contributed by atoms with Gasteiger partial charge in [-0.15, -0.1) is 0 Å². The minimum Gasteiger partial charge on any atom is -0.490 e. The topological polar surface area (TPSA) is 79.7 Å². The van der Waals surface area contributed by atoms with Crippen LogP contribution in [0, 0.1) is 0 Å². The second kappa shape index (κ2) is 7.73. The third-order valence-electron chi connectivity index (χ3n) is 3.35. The van der Waals surface area contributed by atoms with E-state index in [9.17, 15) is 9.59 Å². The zero-order valence-corrected chi connectivity index (χ0v) is 13.4. The minimum atomic E-state index is -0.704. The van der Waals surface area contributed by atoms with Crippen molar-refractivity contribution in [1.82, 2.24) is 9.55 Å². The van der Waals surface area contributed by atoms with Crippen LogP contribution in [0.3, 0.4) is 0 Å². The van der Waals surface area contributed by atoms with Crippen LogP contribution >= 0.6 is 0 Å². The van der Waals surface area contributed by atoms with Crippen LogP contribution in [0.2, 0.25) is 0 Å². The summed E-state index contributed by atoms with van der Waals surface area (Å²) in [5.41, 5.74) is 0.231. The maximum absolute atomic E-state index is 12.6. The number of fused-ring (bicyclic) bond motifs is 1. The van der Waals surface area contributed by atoms with Crippen LogP contribution in [-0.4, -0.2) is 42.5 Å². The van der Waals surface area contributed by atoms with Crippen molar-refractivity contribution in [3.63, 3.8) is 0 Å². The monoisotopic (exact) mass is 320 g/mol. The molecule has 124 valence electrons. The molecule has 0 amide bonds. The predicted molar refractivity (Wildman–Crippen MR) is 84.7 cm³/mol. The number of hydrogen-bond acceptors (Lipinski definition) is 6. The molecule has 0 aliphatic carbocycles. The molecule has 0 fully saturated rings. The molecule has 2 rings (SSSR count). The van der Waals surface area contributed by atoms with Crippen LogP contribution < -0.4 is 10.3 Å². The number of carbonyl (C=O) groups excluding carboxylic acids is 1. The number of pyridine rings is 2.